The Balaban J connectivity index is 2.38. The first kappa shape index (κ1) is 12.2. The van der Waals surface area contributed by atoms with E-state index in [2.05, 4.69) is 23.8 Å². The largest absolute Gasteiger partial charge is 0.323 e. The third-order valence-electron chi connectivity index (χ3n) is 3.32. The summed E-state index contributed by atoms with van der Waals surface area (Å²) in [7, 11) is 0. The summed E-state index contributed by atoms with van der Waals surface area (Å²) in [6, 6.07) is 5.85. The highest BCUT2D eigenvalue weighted by Gasteiger charge is 2.18. The average molecular weight is 253 g/mol. The monoisotopic (exact) mass is 252 g/mol. The van der Waals surface area contributed by atoms with Gasteiger partial charge in [0, 0.05) is 0 Å². The Morgan fingerprint density at radius 3 is 2.47 bits per heavy atom. The molecule has 1 unspecified atom stereocenters. The van der Waals surface area contributed by atoms with Crippen LogP contribution in [0.4, 0.5) is 0 Å². The topological polar surface area (TPSA) is 48.6 Å². The minimum atomic E-state index is -0.175. The van der Waals surface area contributed by atoms with Crippen LogP contribution < -0.4 is 5.69 Å². The summed E-state index contributed by atoms with van der Waals surface area (Å²) in [6.45, 7) is 4.31. The van der Waals surface area contributed by atoms with Crippen LogP contribution in [0.5, 0.6) is 0 Å². The van der Waals surface area contributed by atoms with Crippen molar-refractivity contribution in [1.29, 1.82) is 0 Å². The molecule has 0 fully saturated rings. The van der Waals surface area contributed by atoms with Gasteiger partial charge in [0.05, 0.1) is 16.4 Å². The van der Waals surface area contributed by atoms with Crippen LogP contribution in [0.3, 0.4) is 0 Å². The van der Waals surface area contributed by atoms with Crippen molar-refractivity contribution in [1.82, 2.24) is 9.97 Å². The maximum atomic E-state index is 11.2. The van der Waals surface area contributed by atoms with Gasteiger partial charge in [-0.15, -0.1) is 11.6 Å². The van der Waals surface area contributed by atoms with Crippen molar-refractivity contribution in [3.05, 3.63) is 34.2 Å². The van der Waals surface area contributed by atoms with Crippen LogP contribution in [0.1, 0.15) is 37.6 Å². The van der Waals surface area contributed by atoms with Gasteiger partial charge in [0.2, 0.25) is 0 Å². The molecule has 0 aliphatic heterocycles. The Labute approximate surface area is 105 Å². The van der Waals surface area contributed by atoms with E-state index in [1.807, 2.05) is 18.2 Å². The van der Waals surface area contributed by atoms with Crippen LogP contribution >= 0.6 is 11.6 Å². The normalized spacial score (nSPS) is 13.4. The van der Waals surface area contributed by atoms with E-state index >= 15 is 0 Å². The molecule has 0 amide bonds. The predicted molar refractivity (Wildman–Crippen MR) is 71.6 cm³/mol. The van der Waals surface area contributed by atoms with Crippen molar-refractivity contribution in [3.8, 4) is 0 Å². The number of fused-ring (bicyclic) bond motifs is 1. The van der Waals surface area contributed by atoms with E-state index in [1.54, 1.807) is 0 Å². The Morgan fingerprint density at radius 2 is 1.82 bits per heavy atom. The van der Waals surface area contributed by atoms with Crippen LogP contribution in [0.15, 0.2) is 23.0 Å². The highest BCUT2D eigenvalue weighted by Crippen LogP contribution is 2.33. The number of alkyl halides is 1. The van der Waals surface area contributed by atoms with Gasteiger partial charge in [0.15, 0.2) is 0 Å². The zero-order valence-electron chi connectivity index (χ0n) is 10.1. The van der Waals surface area contributed by atoms with Gasteiger partial charge in [-0.05, 0) is 23.6 Å². The Bertz CT molecular complexity index is 554. The lowest BCUT2D eigenvalue weighted by Gasteiger charge is -2.19. The second-order valence-electron chi connectivity index (χ2n) is 4.36. The molecule has 2 aromatic rings. The molecule has 92 valence electrons. The van der Waals surface area contributed by atoms with Gasteiger partial charge in [-0.2, -0.15) is 0 Å². The van der Waals surface area contributed by atoms with Crippen LogP contribution in [0.25, 0.3) is 11.0 Å². The Morgan fingerprint density at radius 1 is 1.18 bits per heavy atom. The summed E-state index contributed by atoms with van der Waals surface area (Å²) >= 11 is 6.48. The van der Waals surface area contributed by atoms with Crippen LogP contribution in [-0.2, 0) is 0 Å². The first-order valence-corrected chi connectivity index (χ1v) is 6.45. The number of H-pyrrole nitrogens is 2. The average Bonchev–Trinajstić information content (AvgIpc) is 2.69. The summed E-state index contributed by atoms with van der Waals surface area (Å²) in [5.74, 6) is 0.472. The summed E-state index contributed by atoms with van der Waals surface area (Å²) in [5, 5.41) is 0.00722. The SMILES string of the molecule is CCC(CC)C(Cl)c1ccc2[nH]c(=O)[nH]c2c1. The van der Waals surface area contributed by atoms with E-state index < -0.39 is 0 Å². The highest BCUT2D eigenvalue weighted by molar-refractivity contribution is 6.21. The fourth-order valence-electron chi connectivity index (χ4n) is 2.20. The van der Waals surface area contributed by atoms with Gasteiger partial charge in [0.1, 0.15) is 0 Å². The number of benzene rings is 1. The standard InChI is InChI=1S/C13H17ClN2O/c1-3-8(4-2)12(14)9-5-6-10-11(7-9)16-13(17)15-10/h5-8,12H,3-4H2,1-2H3,(H2,15,16,17). The van der Waals surface area contributed by atoms with Gasteiger partial charge in [-0.25, -0.2) is 4.79 Å². The Hall–Kier alpha value is -1.22. The minimum Gasteiger partial charge on any atom is -0.306 e. The Kier molecular flexibility index (Phi) is 3.57. The van der Waals surface area contributed by atoms with E-state index in [-0.39, 0.29) is 11.1 Å². The number of rotatable bonds is 4. The fourth-order valence-corrected chi connectivity index (χ4v) is 2.69. The number of halogens is 1. The van der Waals surface area contributed by atoms with Crippen molar-refractivity contribution in [2.24, 2.45) is 5.92 Å². The molecule has 1 aromatic heterocycles. The molecule has 0 saturated carbocycles. The van der Waals surface area contributed by atoms with Gasteiger partial charge in [0.25, 0.3) is 0 Å². The van der Waals surface area contributed by atoms with Crippen LogP contribution in [-0.4, -0.2) is 9.97 Å². The molecule has 0 radical (unpaired) electrons. The molecule has 2 N–H and O–H groups in total. The van der Waals surface area contributed by atoms with Crippen LogP contribution in [0.2, 0.25) is 0 Å². The molecule has 0 spiro atoms. The van der Waals surface area contributed by atoms with Crippen molar-refractivity contribution in [2.45, 2.75) is 32.1 Å². The third-order valence-corrected chi connectivity index (χ3v) is 3.93. The molecule has 2 rings (SSSR count). The lowest BCUT2D eigenvalue weighted by atomic mass is 9.94. The van der Waals surface area contributed by atoms with E-state index in [1.165, 1.54) is 0 Å². The molecule has 1 aromatic carbocycles. The first-order chi connectivity index (χ1) is 8.15. The molecular weight excluding hydrogens is 236 g/mol. The second kappa shape index (κ2) is 4.96. The van der Waals surface area contributed by atoms with Gasteiger partial charge < -0.3 is 9.97 Å². The third kappa shape index (κ3) is 2.39. The molecule has 17 heavy (non-hydrogen) atoms. The zero-order valence-corrected chi connectivity index (χ0v) is 10.8. The smallest absolute Gasteiger partial charge is 0.306 e. The molecule has 1 atom stereocenters. The molecule has 3 nitrogen and oxygen atoms in total. The molecule has 0 saturated heterocycles. The lowest BCUT2D eigenvalue weighted by molar-refractivity contribution is 0.476. The van der Waals surface area contributed by atoms with Gasteiger partial charge in [-0.3, -0.25) is 0 Å². The van der Waals surface area contributed by atoms with Gasteiger partial charge in [-0.1, -0.05) is 32.8 Å². The van der Waals surface area contributed by atoms with Crippen molar-refractivity contribution < 1.29 is 0 Å². The quantitative estimate of drug-likeness (QED) is 0.803. The summed E-state index contributed by atoms with van der Waals surface area (Å²) in [6.07, 6.45) is 2.12. The van der Waals surface area contributed by atoms with Gasteiger partial charge >= 0.3 is 5.69 Å². The lowest BCUT2D eigenvalue weighted by Crippen LogP contribution is -2.05. The van der Waals surface area contributed by atoms with Crippen LogP contribution in [0, 0.1) is 5.92 Å². The number of aromatic nitrogens is 2. The highest BCUT2D eigenvalue weighted by atomic mass is 35.5. The van der Waals surface area contributed by atoms with Crippen molar-refractivity contribution >= 4 is 22.6 Å². The number of aromatic amines is 2. The predicted octanol–water partition coefficient (Wildman–Crippen LogP) is 3.57. The maximum absolute atomic E-state index is 11.2. The number of nitrogens with one attached hydrogen (secondary N) is 2. The summed E-state index contributed by atoms with van der Waals surface area (Å²) in [5.41, 5.74) is 2.55. The fraction of sp³-hybridized carbons (Fsp3) is 0.462. The van der Waals surface area contributed by atoms with E-state index in [0.29, 0.717) is 5.92 Å². The second-order valence-corrected chi connectivity index (χ2v) is 4.83. The first-order valence-electron chi connectivity index (χ1n) is 6.01. The molecule has 0 bridgehead atoms. The zero-order chi connectivity index (χ0) is 12.4. The molecule has 4 heteroatoms. The molecular formula is C13H17ClN2O. The van der Waals surface area contributed by atoms with Crippen molar-refractivity contribution in [2.75, 3.05) is 0 Å². The van der Waals surface area contributed by atoms with E-state index in [9.17, 15) is 4.79 Å². The van der Waals surface area contributed by atoms with E-state index in [4.69, 9.17) is 11.6 Å². The number of hydrogen-bond acceptors (Lipinski definition) is 1. The summed E-state index contributed by atoms with van der Waals surface area (Å²) in [4.78, 5) is 16.7. The molecule has 0 aliphatic carbocycles. The maximum Gasteiger partial charge on any atom is 0.323 e. The van der Waals surface area contributed by atoms with E-state index in [0.717, 1.165) is 29.4 Å². The molecule has 1 heterocycles. The van der Waals surface area contributed by atoms with Crippen molar-refractivity contribution in [3.63, 3.8) is 0 Å². The minimum absolute atomic E-state index is 0.00722. The number of hydrogen-bond donors (Lipinski definition) is 2. The molecule has 0 aliphatic rings. The summed E-state index contributed by atoms with van der Waals surface area (Å²) < 4.78 is 0. The number of imidazole rings is 1.